The van der Waals surface area contributed by atoms with E-state index in [9.17, 15) is 4.79 Å². The molecule has 26 heavy (non-hydrogen) atoms. The second-order valence-electron chi connectivity index (χ2n) is 9.48. The molecule has 0 aromatic carbocycles. The second kappa shape index (κ2) is 6.54. The number of ether oxygens (including phenoxy) is 1. The van der Waals surface area contributed by atoms with Gasteiger partial charge in [-0.3, -0.25) is 9.78 Å². The highest BCUT2D eigenvalue weighted by Gasteiger charge is 2.51. The lowest BCUT2D eigenvalue weighted by molar-refractivity contribution is -0.141. The molecule has 1 aliphatic heterocycles. The van der Waals surface area contributed by atoms with Gasteiger partial charge in [0, 0.05) is 44.7 Å². The highest BCUT2D eigenvalue weighted by atomic mass is 16.5. The van der Waals surface area contributed by atoms with E-state index in [2.05, 4.69) is 9.88 Å². The first-order valence-corrected chi connectivity index (χ1v) is 10.5. The molecule has 5 aliphatic rings. The van der Waals surface area contributed by atoms with Gasteiger partial charge in [0.1, 0.15) is 11.9 Å². The standard InChI is InChI=1S/C22H30N2O2/c25-21(15-22-12-16-9-17(13-22)11-18(10-16)14-22)24-7-3-20(4-8-24)26-19-1-5-23-6-2-19/h1-2,5-6,16-18,20H,3-4,7-15H2. The first kappa shape index (κ1) is 16.6. The fraction of sp³-hybridized carbons (Fsp3) is 0.727. The van der Waals surface area contributed by atoms with E-state index in [0.717, 1.165) is 55.9 Å². The van der Waals surface area contributed by atoms with Crippen molar-refractivity contribution in [2.75, 3.05) is 13.1 Å². The van der Waals surface area contributed by atoms with Gasteiger partial charge in [0.2, 0.25) is 5.91 Å². The lowest BCUT2D eigenvalue weighted by Crippen LogP contribution is -2.49. The maximum Gasteiger partial charge on any atom is 0.223 e. The van der Waals surface area contributed by atoms with E-state index >= 15 is 0 Å². The van der Waals surface area contributed by atoms with Crippen LogP contribution in [0.2, 0.25) is 0 Å². The van der Waals surface area contributed by atoms with E-state index in [0.29, 0.717) is 11.3 Å². The molecule has 0 atom stereocenters. The molecule has 1 aromatic heterocycles. The van der Waals surface area contributed by atoms with Gasteiger partial charge >= 0.3 is 0 Å². The average Bonchev–Trinajstić information content (AvgIpc) is 2.61. The fourth-order valence-electron chi connectivity index (χ4n) is 6.77. The molecule has 6 rings (SSSR count). The average molecular weight is 354 g/mol. The number of nitrogens with zero attached hydrogens (tertiary/aromatic N) is 2. The summed E-state index contributed by atoms with van der Waals surface area (Å²) in [6.45, 7) is 1.70. The van der Waals surface area contributed by atoms with Crippen LogP contribution >= 0.6 is 0 Å². The van der Waals surface area contributed by atoms with Crippen LogP contribution in [0.3, 0.4) is 0 Å². The SMILES string of the molecule is O=C(CC12CC3CC(CC(C3)C1)C2)N1CCC(Oc2ccncc2)CC1. The number of amides is 1. The molecule has 5 fully saturated rings. The molecule has 4 aliphatic carbocycles. The van der Waals surface area contributed by atoms with E-state index in [1.165, 1.54) is 38.5 Å². The van der Waals surface area contributed by atoms with Crippen molar-refractivity contribution in [2.24, 2.45) is 23.2 Å². The number of likely N-dealkylation sites (tertiary alicyclic amines) is 1. The van der Waals surface area contributed by atoms with Crippen molar-refractivity contribution in [1.29, 1.82) is 0 Å². The summed E-state index contributed by atoms with van der Waals surface area (Å²) < 4.78 is 6.04. The van der Waals surface area contributed by atoms with Crippen molar-refractivity contribution >= 4 is 5.91 Å². The van der Waals surface area contributed by atoms with Crippen molar-refractivity contribution in [2.45, 2.75) is 63.9 Å². The number of hydrogen-bond donors (Lipinski definition) is 0. The molecule has 1 amide bonds. The van der Waals surface area contributed by atoms with Gasteiger partial charge in [0.05, 0.1) is 0 Å². The topological polar surface area (TPSA) is 42.4 Å². The number of pyridine rings is 1. The Hall–Kier alpha value is -1.58. The fourth-order valence-corrected chi connectivity index (χ4v) is 6.77. The minimum Gasteiger partial charge on any atom is -0.490 e. The summed E-state index contributed by atoms with van der Waals surface area (Å²) in [7, 11) is 0. The van der Waals surface area contributed by atoms with Crippen LogP contribution in [0.4, 0.5) is 0 Å². The molecule has 2 heterocycles. The summed E-state index contributed by atoms with van der Waals surface area (Å²) in [5.74, 6) is 4.07. The smallest absolute Gasteiger partial charge is 0.223 e. The maximum absolute atomic E-state index is 13.0. The van der Waals surface area contributed by atoms with E-state index in [1.807, 2.05) is 12.1 Å². The van der Waals surface area contributed by atoms with Crippen molar-refractivity contribution in [3.63, 3.8) is 0 Å². The summed E-state index contributed by atoms with van der Waals surface area (Å²) in [6, 6.07) is 3.81. The summed E-state index contributed by atoms with van der Waals surface area (Å²) in [4.78, 5) is 19.2. The van der Waals surface area contributed by atoms with Gasteiger partial charge in [-0.25, -0.2) is 0 Å². The molecule has 140 valence electrons. The Morgan fingerprint density at radius 3 is 2.19 bits per heavy atom. The predicted molar refractivity (Wildman–Crippen MR) is 99.7 cm³/mol. The highest BCUT2D eigenvalue weighted by molar-refractivity contribution is 5.77. The van der Waals surface area contributed by atoms with E-state index in [-0.39, 0.29) is 6.10 Å². The normalized spacial score (nSPS) is 36.3. The molecule has 1 saturated heterocycles. The number of hydrogen-bond acceptors (Lipinski definition) is 3. The van der Waals surface area contributed by atoms with Crippen molar-refractivity contribution in [3.8, 4) is 5.75 Å². The van der Waals surface area contributed by atoms with Gasteiger partial charge in [-0.1, -0.05) is 0 Å². The van der Waals surface area contributed by atoms with E-state index in [1.54, 1.807) is 12.4 Å². The van der Waals surface area contributed by atoms with Crippen LogP contribution in [-0.4, -0.2) is 35.0 Å². The first-order chi connectivity index (χ1) is 12.7. The lowest BCUT2D eigenvalue weighted by Gasteiger charge is -2.57. The zero-order chi connectivity index (χ0) is 17.6. The molecule has 0 N–H and O–H groups in total. The number of carbonyl (C=O) groups is 1. The molecule has 4 nitrogen and oxygen atoms in total. The summed E-state index contributed by atoms with van der Waals surface area (Å²) >= 11 is 0. The Morgan fingerprint density at radius 1 is 1.04 bits per heavy atom. The summed E-state index contributed by atoms with van der Waals surface area (Å²) in [5, 5.41) is 0. The zero-order valence-electron chi connectivity index (χ0n) is 15.6. The van der Waals surface area contributed by atoms with Crippen LogP contribution in [0.15, 0.2) is 24.5 Å². The summed E-state index contributed by atoms with van der Waals surface area (Å²) in [6.07, 6.45) is 14.8. The van der Waals surface area contributed by atoms with E-state index in [4.69, 9.17) is 4.74 Å². The largest absolute Gasteiger partial charge is 0.490 e. The number of piperidine rings is 1. The molecule has 4 heteroatoms. The Balaban J connectivity index is 1.15. The molecule has 1 aromatic rings. The number of aromatic nitrogens is 1. The molecule has 4 saturated carbocycles. The minimum absolute atomic E-state index is 0.223. The van der Waals surface area contributed by atoms with Gasteiger partial charge in [-0.15, -0.1) is 0 Å². The zero-order valence-corrected chi connectivity index (χ0v) is 15.6. The third-order valence-corrected chi connectivity index (χ3v) is 7.44. The van der Waals surface area contributed by atoms with Crippen LogP contribution in [0, 0.1) is 23.2 Å². The third-order valence-electron chi connectivity index (χ3n) is 7.44. The maximum atomic E-state index is 13.0. The molecule has 0 unspecified atom stereocenters. The summed E-state index contributed by atoms with van der Waals surface area (Å²) in [5.41, 5.74) is 0.357. The van der Waals surface area contributed by atoms with Gasteiger partial charge < -0.3 is 9.64 Å². The van der Waals surface area contributed by atoms with Crippen molar-refractivity contribution < 1.29 is 9.53 Å². The highest BCUT2D eigenvalue weighted by Crippen LogP contribution is 2.61. The van der Waals surface area contributed by atoms with Crippen molar-refractivity contribution in [1.82, 2.24) is 9.88 Å². The predicted octanol–water partition coefficient (Wildman–Crippen LogP) is 4.06. The minimum atomic E-state index is 0.223. The Labute approximate surface area is 156 Å². The van der Waals surface area contributed by atoms with Gasteiger partial charge in [0.15, 0.2) is 0 Å². The molecular weight excluding hydrogens is 324 g/mol. The molecule has 0 radical (unpaired) electrons. The molecular formula is C22H30N2O2. The quantitative estimate of drug-likeness (QED) is 0.819. The Bertz CT molecular complexity index is 616. The van der Waals surface area contributed by atoms with E-state index < -0.39 is 0 Å². The van der Waals surface area contributed by atoms with Crippen molar-refractivity contribution in [3.05, 3.63) is 24.5 Å². The van der Waals surface area contributed by atoms with Gasteiger partial charge in [0.25, 0.3) is 0 Å². The monoisotopic (exact) mass is 354 g/mol. The van der Waals surface area contributed by atoms with Gasteiger partial charge in [-0.2, -0.15) is 0 Å². The van der Waals surface area contributed by atoms with Crippen LogP contribution < -0.4 is 4.74 Å². The second-order valence-corrected chi connectivity index (χ2v) is 9.48. The Kier molecular flexibility index (Phi) is 4.17. The molecule has 4 bridgehead atoms. The van der Waals surface area contributed by atoms with Crippen LogP contribution in [0.5, 0.6) is 5.75 Å². The van der Waals surface area contributed by atoms with Gasteiger partial charge in [-0.05, 0) is 73.8 Å². The first-order valence-electron chi connectivity index (χ1n) is 10.5. The Morgan fingerprint density at radius 2 is 1.62 bits per heavy atom. The molecule has 0 spiro atoms. The number of carbonyl (C=O) groups excluding carboxylic acids is 1. The number of rotatable bonds is 4. The van der Waals surface area contributed by atoms with Crippen LogP contribution in [-0.2, 0) is 4.79 Å². The third kappa shape index (κ3) is 3.23. The lowest BCUT2D eigenvalue weighted by atomic mass is 9.49. The van der Waals surface area contributed by atoms with Crippen LogP contribution in [0.1, 0.15) is 57.8 Å². The van der Waals surface area contributed by atoms with Crippen LogP contribution in [0.25, 0.3) is 0 Å².